The molecule has 0 saturated carbocycles. The van der Waals surface area contributed by atoms with Gasteiger partial charge in [-0.1, -0.05) is 71.1 Å². The van der Waals surface area contributed by atoms with Crippen LogP contribution < -0.4 is 16.1 Å². The van der Waals surface area contributed by atoms with Crippen LogP contribution in [0, 0.1) is 28.1 Å². The van der Waals surface area contributed by atoms with E-state index in [1.165, 1.54) is 11.1 Å². The number of nitriles is 2. The van der Waals surface area contributed by atoms with E-state index >= 15 is 0 Å². The molecule has 0 bridgehead atoms. The Morgan fingerprint density at radius 3 is 2.38 bits per heavy atom. The second-order valence-corrected chi connectivity index (χ2v) is 11.4. The van der Waals surface area contributed by atoms with E-state index in [1.54, 1.807) is 0 Å². The Hall–Kier alpha value is -3.40. The average molecular weight is 631 g/mol. The molecule has 0 amide bonds. The Morgan fingerprint density at radius 1 is 1.00 bits per heavy atom. The van der Waals surface area contributed by atoms with Crippen LogP contribution in [0.5, 0.6) is 0 Å². The third-order valence-corrected chi connectivity index (χ3v) is 8.20. The predicted octanol–water partition coefficient (Wildman–Crippen LogP) is 6.81. The number of amidine groups is 1. The maximum Gasteiger partial charge on any atom is 0.128 e. The number of rotatable bonds is 10. The number of benzene rings is 3. The van der Waals surface area contributed by atoms with Crippen molar-refractivity contribution in [2.75, 3.05) is 11.9 Å². The number of anilines is 1. The van der Waals surface area contributed by atoms with Crippen LogP contribution in [0.25, 0.3) is 0 Å². The maximum atomic E-state index is 10.2. The summed E-state index contributed by atoms with van der Waals surface area (Å²) >= 11 is 2.38. The van der Waals surface area contributed by atoms with Gasteiger partial charge in [0.05, 0.1) is 29.2 Å². The molecular weight excluding hydrogens is 595 g/mol. The Kier molecular flexibility index (Phi) is 9.61. The Morgan fingerprint density at radius 2 is 1.72 bits per heavy atom. The van der Waals surface area contributed by atoms with Crippen LogP contribution in [0.2, 0.25) is 0 Å². The summed E-state index contributed by atoms with van der Waals surface area (Å²) in [6.07, 6.45) is 1.67. The Balaban J connectivity index is 1.66. The lowest BCUT2D eigenvalue weighted by atomic mass is 9.79. The van der Waals surface area contributed by atoms with Gasteiger partial charge in [0.15, 0.2) is 0 Å². The molecule has 3 atom stereocenters. The SMILES string of the molecule is C[C@H](NC(c1cccc(NC2=NNCC2)c1)C(C)(C)C#N)[C@@H](Cc1ccc(CI)cc1)c1cccc(C#N)c1. The summed E-state index contributed by atoms with van der Waals surface area (Å²) in [4.78, 5) is 0. The van der Waals surface area contributed by atoms with Gasteiger partial charge in [0.2, 0.25) is 0 Å². The first-order chi connectivity index (χ1) is 18.8. The lowest BCUT2D eigenvalue weighted by molar-refractivity contribution is 0.281. The van der Waals surface area contributed by atoms with Crippen molar-refractivity contribution in [2.45, 2.75) is 56.0 Å². The fourth-order valence-corrected chi connectivity index (χ4v) is 5.55. The number of halogens is 1. The summed E-state index contributed by atoms with van der Waals surface area (Å²) in [6.45, 7) is 6.98. The smallest absolute Gasteiger partial charge is 0.128 e. The molecule has 39 heavy (non-hydrogen) atoms. The highest BCUT2D eigenvalue weighted by Crippen LogP contribution is 2.36. The summed E-state index contributed by atoms with van der Waals surface area (Å²) in [7, 11) is 0. The molecule has 1 aliphatic rings. The predicted molar refractivity (Wildman–Crippen MR) is 167 cm³/mol. The number of hydrazone groups is 1. The summed E-state index contributed by atoms with van der Waals surface area (Å²) < 4.78 is 0.979. The van der Waals surface area contributed by atoms with E-state index in [0.29, 0.717) is 5.56 Å². The van der Waals surface area contributed by atoms with E-state index in [-0.39, 0.29) is 18.0 Å². The fourth-order valence-electron chi connectivity index (χ4n) is 5.04. The Bertz CT molecular complexity index is 1380. The number of alkyl halides is 1. The molecule has 3 aromatic carbocycles. The first-order valence-electron chi connectivity index (χ1n) is 13.3. The van der Waals surface area contributed by atoms with Crippen LogP contribution in [0.3, 0.4) is 0 Å². The summed E-state index contributed by atoms with van der Waals surface area (Å²) in [5, 5.41) is 31.3. The highest BCUT2D eigenvalue weighted by molar-refractivity contribution is 14.1. The third-order valence-electron chi connectivity index (χ3n) is 7.32. The largest absolute Gasteiger partial charge is 0.342 e. The quantitative estimate of drug-likeness (QED) is 0.169. The number of nitrogens with zero attached hydrogens (tertiary/aromatic N) is 3. The first-order valence-corrected chi connectivity index (χ1v) is 14.8. The zero-order valence-corrected chi connectivity index (χ0v) is 24.9. The molecule has 0 aliphatic carbocycles. The topological polar surface area (TPSA) is 96.0 Å². The summed E-state index contributed by atoms with van der Waals surface area (Å²) in [5.74, 6) is 1.01. The fraction of sp³-hybridized carbons (Fsp3) is 0.344. The van der Waals surface area contributed by atoms with E-state index in [1.807, 2.05) is 44.2 Å². The molecule has 4 rings (SSSR count). The van der Waals surface area contributed by atoms with Crippen molar-refractivity contribution in [3.63, 3.8) is 0 Å². The molecule has 3 aromatic rings. The van der Waals surface area contributed by atoms with Crippen LogP contribution in [0.4, 0.5) is 5.69 Å². The number of hydrogen-bond donors (Lipinski definition) is 3. The monoisotopic (exact) mass is 630 g/mol. The summed E-state index contributed by atoms with van der Waals surface area (Å²) in [6, 6.07) is 29.5. The van der Waals surface area contributed by atoms with Gasteiger partial charge in [0.25, 0.3) is 0 Å². The van der Waals surface area contributed by atoms with Crippen LogP contribution in [0.1, 0.15) is 67.0 Å². The minimum atomic E-state index is -0.666. The van der Waals surface area contributed by atoms with Gasteiger partial charge < -0.3 is 16.1 Å². The molecule has 1 aliphatic heterocycles. The first kappa shape index (κ1) is 28.6. The highest BCUT2D eigenvalue weighted by atomic mass is 127. The van der Waals surface area contributed by atoms with Crippen LogP contribution in [-0.4, -0.2) is 18.4 Å². The minimum absolute atomic E-state index is 0.0147. The molecule has 6 nitrogen and oxygen atoms in total. The van der Waals surface area contributed by atoms with Crippen molar-refractivity contribution < 1.29 is 0 Å². The highest BCUT2D eigenvalue weighted by Gasteiger charge is 2.34. The standard InChI is InChI=1S/C32H35IN6/c1-22(29(26-7-4-6-25(16-26)20-34)17-23-10-12-24(19-33)13-11-23)37-31(32(2,3)21-35)27-8-5-9-28(18-27)38-30-14-15-36-39-30/h4-13,16,18,22,29,31,36-37H,14-15,17,19H2,1-3H3,(H,38,39)/t22-,29+,31?/m0/s1. The van der Waals surface area contributed by atoms with E-state index in [9.17, 15) is 10.5 Å². The molecule has 1 heterocycles. The molecule has 0 saturated heterocycles. The molecular formula is C32H35IN6. The van der Waals surface area contributed by atoms with Crippen molar-refractivity contribution >= 4 is 34.1 Å². The van der Waals surface area contributed by atoms with Crippen LogP contribution in [0.15, 0.2) is 77.9 Å². The normalized spacial score (nSPS) is 15.3. The van der Waals surface area contributed by atoms with E-state index in [2.05, 4.69) is 105 Å². The Labute approximate surface area is 245 Å². The van der Waals surface area contributed by atoms with Crippen molar-refractivity contribution in [3.05, 3.63) is 101 Å². The minimum Gasteiger partial charge on any atom is -0.342 e. The number of hydrogen-bond acceptors (Lipinski definition) is 6. The van der Waals surface area contributed by atoms with Gasteiger partial charge in [0.1, 0.15) is 5.84 Å². The zero-order valence-electron chi connectivity index (χ0n) is 22.7. The van der Waals surface area contributed by atoms with Crippen molar-refractivity contribution in [1.82, 2.24) is 10.7 Å². The third kappa shape index (κ3) is 7.38. The average Bonchev–Trinajstić information content (AvgIpc) is 3.48. The van der Waals surface area contributed by atoms with E-state index < -0.39 is 5.41 Å². The lowest BCUT2D eigenvalue weighted by Crippen LogP contribution is -2.42. The second kappa shape index (κ2) is 13.1. The molecule has 0 spiro atoms. The van der Waals surface area contributed by atoms with Crippen molar-refractivity contribution in [2.24, 2.45) is 10.5 Å². The van der Waals surface area contributed by atoms with E-state index in [4.69, 9.17) is 0 Å². The van der Waals surface area contributed by atoms with Crippen LogP contribution in [-0.2, 0) is 10.8 Å². The van der Waals surface area contributed by atoms with Crippen molar-refractivity contribution in [1.29, 1.82) is 10.5 Å². The maximum absolute atomic E-state index is 10.2. The van der Waals surface area contributed by atoms with E-state index in [0.717, 1.165) is 46.5 Å². The van der Waals surface area contributed by atoms with Gasteiger partial charge in [-0.15, -0.1) is 0 Å². The molecule has 7 heteroatoms. The molecule has 0 aromatic heterocycles. The van der Waals surface area contributed by atoms with Crippen molar-refractivity contribution in [3.8, 4) is 12.1 Å². The molecule has 200 valence electrons. The second-order valence-electron chi connectivity index (χ2n) is 10.7. The zero-order chi connectivity index (χ0) is 27.8. The van der Waals surface area contributed by atoms with Crippen LogP contribution >= 0.6 is 22.6 Å². The molecule has 1 unspecified atom stereocenters. The van der Waals surface area contributed by atoms with Gasteiger partial charge in [-0.3, -0.25) is 0 Å². The van der Waals surface area contributed by atoms with Gasteiger partial charge in [-0.2, -0.15) is 15.6 Å². The molecule has 3 N–H and O–H groups in total. The lowest BCUT2D eigenvalue weighted by Gasteiger charge is -2.36. The van der Waals surface area contributed by atoms with Gasteiger partial charge in [-0.05, 0) is 73.7 Å². The van der Waals surface area contributed by atoms with Gasteiger partial charge in [-0.25, -0.2) is 0 Å². The van der Waals surface area contributed by atoms with Gasteiger partial charge >= 0.3 is 0 Å². The molecule has 0 fully saturated rings. The molecule has 0 radical (unpaired) electrons. The number of nitrogens with one attached hydrogen (secondary N) is 3. The van der Waals surface area contributed by atoms with Gasteiger partial charge in [0, 0.05) is 35.0 Å². The summed E-state index contributed by atoms with van der Waals surface area (Å²) in [5.41, 5.74) is 8.65.